The first-order valence-corrected chi connectivity index (χ1v) is 15.4. The van der Waals surface area contributed by atoms with Gasteiger partial charge in [-0.1, -0.05) is 6.92 Å². The molecule has 18 heteroatoms. The van der Waals surface area contributed by atoms with Gasteiger partial charge in [-0.25, -0.2) is 19.7 Å². The molecule has 4 rings (SSSR count). The number of hydrogen-bond donors (Lipinski definition) is 1. The highest BCUT2D eigenvalue weighted by Crippen LogP contribution is 2.44. The van der Waals surface area contributed by atoms with Crippen LogP contribution < -0.4 is 19.4 Å². The lowest BCUT2D eigenvalue weighted by Gasteiger charge is -2.43. The molecule has 12 nitrogen and oxygen atoms in total. The number of fused-ring (bicyclic) bond motifs is 1. The first kappa shape index (κ1) is 37.7. The van der Waals surface area contributed by atoms with Crippen LogP contribution in [0.2, 0.25) is 0 Å². The van der Waals surface area contributed by atoms with E-state index in [-0.39, 0.29) is 60.1 Å². The van der Waals surface area contributed by atoms with E-state index in [0.29, 0.717) is 18.6 Å². The molecule has 0 spiro atoms. The van der Waals surface area contributed by atoms with Crippen molar-refractivity contribution in [2.45, 2.75) is 71.0 Å². The molecule has 1 aromatic carbocycles. The Morgan fingerprint density at radius 1 is 1.00 bits per heavy atom. The molecular weight excluding hydrogens is 678 g/mol. The van der Waals surface area contributed by atoms with E-state index in [2.05, 4.69) is 15.0 Å². The number of ether oxygens (including phenoxy) is 2. The number of benzene rings is 1. The quantitative estimate of drug-likeness (QED) is 0.216. The second-order valence-electron chi connectivity index (χ2n) is 11.2. The third-order valence-corrected chi connectivity index (χ3v) is 7.96. The number of alkyl halides is 6. The van der Waals surface area contributed by atoms with Gasteiger partial charge in [0.1, 0.15) is 0 Å². The molecule has 3 heterocycles. The van der Waals surface area contributed by atoms with Gasteiger partial charge in [-0.3, -0.25) is 14.5 Å². The maximum Gasteiger partial charge on any atom is 0.416 e. The van der Waals surface area contributed by atoms with Crippen molar-refractivity contribution in [3.8, 4) is 5.88 Å². The molecule has 2 atom stereocenters. The van der Waals surface area contributed by atoms with Gasteiger partial charge < -0.3 is 24.4 Å². The van der Waals surface area contributed by atoms with E-state index in [1.807, 2.05) is 0 Å². The standard InChI is InChI=1S/C32H34F6N6O6/c1-5-22-14-25(28-24(7-8-26(41-28)49-4)44(22)30(48)50-6-2)43(17-19-11-20(31(33,34)35)13-21(12-19)32(36,37)38)29-39-15-23(16-40-29)42(18(3)45)10-9-27(46)47/h7-8,11-13,15-16,22,25H,5-6,9-10,14,17H2,1-4H3,(H,46,47)/t22-,25+/m1/s1. The van der Waals surface area contributed by atoms with Gasteiger partial charge in [-0.2, -0.15) is 26.3 Å². The predicted molar refractivity (Wildman–Crippen MR) is 167 cm³/mol. The Kier molecular flexibility index (Phi) is 11.4. The second-order valence-corrected chi connectivity index (χ2v) is 11.2. The lowest BCUT2D eigenvalue weighted by molar-refractivity contribution is -0.143. The molecule has 2 amide bonds. The highest BCUT2D eigenvalue weighted by Gasteiger charge is 2.42. The van der Waals surface area contributed by atoms with Gasteiger partial charge >= 0.3 is 24.4 Å². The Hall–Kier alpha value is -5.16. The van der Waals surface area contributed by atoms with Crippen LogP contribution in [0.3, 0.4) is 0 Å². The van der Waals surface area contributed by atoms with Crippen molar-refractivity contribution in [3.63, 3.8) is 0 Å². The maximum atomic E-state index is 13.9. The smallest absolute Gasteiger partial charge is 0.416 e. The number of carbonyl (C=O) groups excluding carboxylic acids is 2. The molecule has 0 saturated carbocycles. The number of aliphatic carboxylic acids is 1. The molecule has 1 aliphatic heterocycles. The van der Waals surface area contributed by atoms with Crippen molar-refractivity contribution in [2.24, 2.45) is 0 Å². The zero-order chi connectivity index (χ0) is 37.0. The van der Waals surface area contributed by atoms with E-state index in [4.69, 9.17) is 14.6 Å². The number of nitrogens with zero attached hydrogens (tertiary/aromatic N) is 6. The number of carboxylic acid groups (broad SMARTS) is 1. The Balaban J connectivity index is 1.93. The number of carbonyl (C=O) groups is 3. The summed E-state index contributed by atoms with van der Waals surface area (Å²) in [5.74, 6) is -1.75. The number of anilines is 3. The number of halogens is 6. The lowest BCUT2D eigenvalue weighted by atomic mass is 9.92. The van der Waals surface area contributed by atoms with Crippen LogP contribution in [0.15, 0.2) is 42.7 Å². The molecule has 3 aromatic rings. The average Bonchev–Trinajstić information content (AvgIpc) is 3.05. The third kappa shape index (κ3) is 8.52. The zero-order valence-electron chi connectivity index (χ0n) is 27.4. The van der Waals surface area contributed by atoms with Crippen LogP contribution >= 0.6 is 0 Å². The molecule has 50 heavy (non-hydrogen) atoms. The Morgan fingerprint density at radius 2 is 1.62 bits per heavy atom. The second kappa shape index (κ2) is 15.2. The average molecular weight is 713 g/mol. The molecule has 2 aromatic heterocycles. The van der Waals surface area contributed by atoms with Gasteiger partial charge in [0.25, 0.3) is 0 Å². The summed E-state index contributed by atoms with van der Waals surface area (Å²) in [6.07, 6.45) is -8.48. The van der Waals surface area contributed by atoms with E-state index in [0.717, 1.165) is 4.90 Å². The molecular formula is C32H34F6N6O6. The first-order valence-electron chi connectivity index (χ1n) is 15.4. The Labute approximate surface area is 282 Å². The minimum Gasteiger partial charge on any atom is -0.481 e. The summed E-state index contributed by atoms with van der Waals surface area (Å²) in [5.41, 5.74) is -2.85. The summed E-state index contributed by atoms with van der Waals surface area (Å²) in [7, 11) is 1.34. The summed E-state index contributed by atoms with van der Waals surface area (Å²) in [4.78, 5) is 53.7. The number of rotatable bonds is 11. The van der Waals surface area contributed by atoms with Crippen LogP contribution in [0.25, 0.3) is 0 Å². The molecule has 0 aliphatic carbocycles. The van der Waals surface area contributed by atoms with Crippen LogP contribution in [-0.2, 0) is 33.2 Å². The van der Waals surface area contributed by atoms with Crippen LogP contribution in [0.1, 0.15) is 68.5 Å². The first-order chi connectivity index (χ1) is 23.5. The Bertz CT molecular complexity index is 1670. The molecule has 1 N–H and O–H groups in total. The van der Waals surface area contributed by atoms with Crippen LogP contribution in [0.4, 0.5) is 48.5 Å². The zero-order valence-corrected chi connectivity index (χ0v) is 27.4. The molecule has 270 valence electrons. The number of methoxy groups -OCH3 is 1. The summed E-state index contributed by atoms with van der Waals surface area (Å²) in [5, 5.41) is 9.11. The summed E-state index contributed by atoms with van der Waals surface area (Å²) < 4.78 is 93.8. The van der Waals surface area contributed by atoms with E-state index in [1.165, 1.54) is 42.3 Å². The molecule has 0 saturated heterocycles. The molecule has 0 fully saturated rings. The van der Waals surface area contributed by atoms with E-state index >= 15 is 0 Å². The highest BCUT2D eigenvalue weighted by molar-refractivity contribution is 5.92. The van der Waals surface area contributed by atoms with Gasteiger partial charge in [0.2, 0.25) is 17.7 Å². The van der Waals surface area contributed by atoms with Gasteiger partial charge in [0.05, 0.1) is 66.8 Å². The number of carboxylic acids is 1. The Morgan fingerprint density at radius 3 is 2.12 bits per heavy atom. The largest absolute Gasteiger partial charge is 0.481 e. The minimum absolute atomic E-state index is 0.0271. The van der Waals surface area contributed by atoms with E-state index in [1.54, 1.807) is 19.9 Å². The normalized spacial score (nSPS) is 16.0. The molecule has 0 radical (unpaired) electrons. The van der Waals surface area contributed by atoms with Gasteiger partial charge in [-0.15, -0.1) is 0 Å². The van der Waals surface area contributed by atoms with Gasteiger partial charge in [-0.05, 0) is 49.6 Å². The number of pyridine rings is 1. The summed E-state index contributed by atoms with van der Waals surface area (Å²) in [6, 6.07) is 2.76. The number of hydrogen-bond acceptors (Lipinski definition) is 9. The van der Waals surface area contributed by atoms with Crippen LogP contribution in [-0.4, -0.2) is 64.3 Å². The molecule has 0 bridgehead atoms. The third-order valence-electron chi connectivity index (χ3n) is 7.96. The van der Waals surface area contributed by atoms with Crippen molar-refractivity contribution >= 4 is 35.3 Å². The van der Waals surface area contributed by atoms with Crippen LogP contribution in [0.5, 0.6) is 5.88 Å². The fourth-order valence-electron chi connectivity index (χ4n) is 5.65. The fourth-order valence-corrected chi connectivity index (χ4v) is 5.65. The summed E-state index contributed by atoms with van der Waals surface area (Å²) in [6.45, 7) is 3.87. The molecule has 0 unspecified atom stereocenters. The SMILES string of the molecule is CCOC(=O)N1c2ccc(OC)nc2[C@@H](N(Cc2cc(C(F)(F)F)cc(C(F)(F)F)c2)c2ncc(N(CCC(=O)O)C(C)=O)cn2)C[C@H]1CC. The topological polar surface area (TPSA) is 138 Å². The van der Waals surface area contributed by atoms with E-state index < -0.39 is 66.5 Å². The monoisotopic (exact) mass is 712 g/mol. The van der Waals surface area contributed by atoms with Crippen molar-refractivity contribution in [2.75, 3.05) is 35.0 Å². The number of amides is 2. The van der Waals surface area contributed by atoms with Crippen LogP contribution in [0, 0.1) is 0 Å². The molecule has 1 aliphatic rings. The predicted octanol–water partition coefficient (Wildman–Crippen LogP) is 6.64. The highest BCUT2D eigenvalue weighted by atomic mass is 19.4. The van der Waals surface area contributed by atoms with Crippen molar-refractivity contribution in [3.05, 3.63) is 65.1 Å². The fraction of sp³-hybridized carbons (Fsp3) is 0.438. The summed E-state index contributed by atoms with van der Waals surface area (Å²) >= 11 is 0. The van der Waals surface area contributed by atoms with Crippen molar-refractivity contribution in [1.29, 1.82) is 0 Å². The van der Waals surface area contributed by atoms with Gasteiger partial charge in [0, 0.05) is 32.1 Å². The van der Waals surface area contributed by atoms with Crippen molar-refractivity contribution in [1.82, 2.24) is 15.0 Å². The van der Waals surface area contributed by atoms with Crippen molar-refractivity contribution < 1.29 is 55.3 Å². The maximum absolute atomic E-state index is 13.9. The van der Waals surface area contributed by atoms with E-state index in [9.17, 15) is 40.7 Å². The number of aromatic nitrogens is 3. The van der Waals surface area contributed by atoms with Gasteiger partial charge in [0.15, 0.2) is 0 Å². The lowest BCUT2D eigenvalue weighted by Crippen LogP contribution is -2.48. The minimum atomic E-state index is -5.11.